The number of primary sulfonamides is 1. The Labute approximate surface area is 134 Å². The standard InChI is InChI=1S/C13H16Cl2N2O3S/c1-2-5-17(9-3-4-9)13(18)8-6-10(14)12(15)11(7-8)21(16,19)20/h6-7,9H,2-5H2,1H3,(H2,16,19,20). The van der Waals surface area contributed by atoms with E-state index >= 15 is 0 Å². The van der Waals surface area contributed by atoms with E-state index in [1.54, 1.807) is 4.90 Å². The summed E-state index contributed by atoms with van der Waals surface area (Å²) >= 11 is 11.8. The first-order chi connectivity index (χ1) is 9.75. The summed E-state index contributed by atoms with van der Waals surface area (Å²) in [5.41, 5.74) is 0.189. The summed E-state index contributed by atoms with van der Waals surface area (Å²) in [6, 6.07) is 2.80. The first kappa shape index (κ1) is 16.5. The molecule has 116 valence electrons. The summed E-state index contributed by atoms with van der Waals surface area (Å²) in [4.78, 5) is 14.0. The smallest absolute Gasteiger partial charge is 0.254 e. The predicted octanol–water partition coefficient (Wildman–Crippen LogP) is 2.66. The lowest BCUT2D eigenvalue weighted by Crippen LogP contribution is -2.34. The van der Waals surface area contributed by atoms with Crippen LogP contribution in [-0.4, -0.2) is 31.8 Å². The predicted molar refractivity (Wildman–Crippen MR) is 82.2 cm³/mol. The molecule has 1 aromatic rings. The van der Waals surface area contributed by atoms with Crippen LogP contribution in [0.25, 0.3) is 0 Å². The highest BCUT2D eigenvalue weighted by Gasteiger charge is 2.33. The third-order valence-electron chi connectivity index (χ3n) is 3.26. The first-order valence-corrected chi connectivity index (χ1v) is 8.88. The molecule has 0 atom stereocenters. The average molecular weight is 351 g/mol. The molecule has 21 heavy (non-hydrogen) atoms. The van der Waals surface area contributed by atoms with E-state index in [9.17, 15) is 13.2 Å². The molecule has 2 N–H and O–H groups in total. The Morgan fingerprint density at radius 1 is 1.38 bits per heavy atom. The van der Waals surface area contributed by atoms with Crippen LogP contribution in [0.1, 0.15) is 36.5 Å². The Bertz CT molecular complexity index is 672. The topological polar surface area (TPSA) is 80.5 Å². The largest absolute Gasteiger partial charge is 0.336 e. The molecule has 1 fully saturated rings. The number of carbonyl (C=O) groups is 1. The number of hydrogen-bond acceptors (Lipinski definition) is 3. The summed E-state index contributed by atoms with van der Waals surface area (Å²) in [6.07, 6.45) is 2.76. The fourth-order valence-corrected chi connectivity index (χ4v) is 3.50. The van der Waals surface area contributed by atoms with Crippen LogP contribution in [0.3, 0.4) is 0 Å². The number of amides is 1. The van der Waals surface area contributed by atoms with Crippen molar-refractivity contribution < 1.29 is 13.2 Å². The quantitative estimate of drug-likeness (QED) is 0.886. The van der Waals surface area contributed by atoms with Crippen molar-refractivity contribution in [2.75, 3.05) is 6.54 Å². The summed E-state index contributed by atoms with van der Waals surface area (Å²) in [6.45, 7) is 2.60. The summed E-state index contributed by atoms with van der Waals surface area (Å²) in [5.74, 6) is -0.247. The molecule has 1 aromatic carbocycles. The van der Waals surface area contributed by atoms with E-state index in [1.807, 2.05) is 6.92 Å². The van der Waals surface area contributed by atoms with Gasteiger partial charge in [0.05, 0.1) is 10.0 Å². The highest BCUT2D eigenvalue weighted by molar-refractivity contribution is 7.89. The third-order valence-corrected chi connectivity index (χ3v) is 5.11. The fourth-order valence-electron chi connectivity index (χ4n) is 2.14. The molecule has 0 heterocycles. The SMILES string of the molecule is CCCN(C(=O)c1cc(Cl)c(Cl)c(S(N)(=O)=O)c1)C1CC1. The Morgan fingerprint density at radius 3 is 2.48 bits per heavy atom. The van der Waals surface area contributed by atoms with Gasteiger partial charge in [-0.15, -0.1) is 0 Å². The molecule has 1 saturated carbocycles. The molecule has 1 aliphatic carbocycles. The molecule has 5 nitrogen and oxygen atoms in total. The van der Waals surface area contributed by atoms with Gasteiger partial charge in [-0.3, -0.25) is 4.79 Å². The van der Waals surface area contributed by atoms with Crippen LogP contribution in [0, 0.1) is 0 Å². The Kier molecular flexibility index (Phi) is 4.82. The zero-order valence-corrected chi connectivity index (χ0v) is 13.8. The molecule has 0 aliphatic heterocycles. The minimum Gasteiger partial charge on any atom is -0.336 e. The second-order valence-corrected chi connectivity index (χ2v) is 7.36. The van der Waals surface area contributed by atoms with Crippen LogP contribution in [0.5, 0.6) is 0 Å². The second kappa shape index (κ2) is 6.12. The lowest BCUT2D eigenvalue weighted by Gasteiger charge is -2.22. The summed E-state index contributed by atoms with van der Waals surface area (Å²) in [7, 11) is -4.04. The summed E-state index contributed by atoms with van der Waals surface area (Å²) in [5, 5.41) is 4.94. The van der Waals surface area contributed by atoms with E-state index in [4.69, 9.17) is 28.3 Å². The van der Waals surface area contributed by atoms with Gasteiger partial charge in [-0.1, -0.05) is 30.1 Å². The van der Waals surface area contributed by atoms with Crippen molar-refractivity contribution >= 4 is 39.1 Å². The zero-order valence-electron chi connectivity index (χ0n) is 11.5. The van der Waals surface area contributed by atoms with Crippen molar-refractivity contribution in [1.29, 1.82) is 0 Å². The van der Waals surface area contributed by atoms with Crippen molar-refractivity contribution in [3.8, 4) is 0 Å². The molecule has 0 aromatic heterocycles. The molecule has 8 heteroatoms. The van der Waals surface area contributed by atoms with Gasteiger partial charge in [0.2, 0.25) is 10.0 Å². The maximum absolute atomic E-state index is 12.5. The van der Waals surface area contributed by atoms with E-state index in [2.05, 4.69) is 0 Å². The van der Waals surface area contributed by atoms with Crippen molar-refractivity contribution in [3.63, 3.8) is 0 Å². The number of rotatable bonds is 5. The van der Waals surface area contributed by atoms with Crippen molar-refractivity contribution in [2.24, 2.45) is 5.14 Å². The summed E-state index contributed by atoms with van der Waals surface area (Å²) < 4.78 is 23.1. The molecule has 0 spiro atoms. The number of nitrogens with two attached hydrogens (primary N) is 1. The molecule has 1 amide bonds. The van der Waals surface area contributed by atoms with Crippen LogP contribution < -0.4 is 5.14 Å². The van der Waals surface area contributed by atoms with Gasteiger partial charge in [-0.2, -0.15) is 0 Å². The maximum Gasteiger partial charge on any atom is 0.254 e. The van der Waals surface area contributed by atoms with Crippen molar-refractivity contribution in [1.82, 2.24) is 4.90 Å². The lowest BCUT2D eigenvalue weighted by atomic mass is 10.2. The molecule has 0 bridgehead atoms. The van der Waals surface area contributed by atoms with Gasteiger partial charge in [-0.05, 0) is 31.4 Å². The van der Waals surface area contributed by atoms with E-state index in [0.29, 0.717) is 6.54 Å². The van der Waals surface area contributed by atoms with Gasteiger partial charge in [0.15, 0.2) is 0 Å². The Balaban J connectivity index is 2.44. The number of nitrogens with zero attached hydrogens (tertiary/aromatic N) is 1. The van der Waals surface area contributed by atoms with Gasteiger partial charge in [0.1, 0.15) is 4.90 Å². The number of sulfonamides is 1. The van der Waals surface area contributed by atoms with Crippen LogP contribution in [0.4, 0.5) is 0 Å². The highest BCUT2D eigenvalue weighted by Crippen LogP contribution is 2.33. The third kappa shape index (κ3) is 3.69. The minimum absolute atomic E-state index is 0.00112. The Hall–Kier alpha value is -0.820. The zero-order chi connectivity index (χ0) is 15.8. The van der Waals surface area contributed by atoms with E-state index in [1.165, 1.54) is 12.1 Å². The lowest BCUT2D eigenvalue weighted by molar-refractivity contribution is 0.0743. The first-order valence-electron chi connectivity index (χ1n) is 6.58. The second-order valence-electron chi connectivity index (χ2n) is 5.04. The molecule has 0 saturated heterocycles. The number of carbonyl (C=O) groups excluding carboxylic acids is 1. The van der Waals surface area contributed by atoms with Crippen molar-refractivity contribution in [3.05, 3.63) is 27.7 Å². The van der Waals surface area contributed by atoms with E-state index in [-0.39, 0.29) is 32.5 Å². The van der Waals surface area contributed by atoms with E-state index < -0.39 is 10.0 Å². The van der Waals surface area contributed by atoms with Gasteiger partial charge in [0.25, 0.3) is 5.91 Å². The van der Waals surface area contributed by atoms with Gasteiger partial charge in [-0.25, -0.2) is 13.6 Å². The van der Waals surface area contributed by atoms with Gasteiger partial charge >= 0.3 is 0 Å². The maximum atomic E-state index is 12.5. The minimum atomic E-state index is -4.04. The number of halogens is 2. The fraction of sp³-hybridized carbons (Fsp3) is 0.462. The monoisotopic (exact) mass is 350 g/mol. The molecular weight excluding hydrogens is 335 g/mol. The molecule has 1 aliphatic rings. The highest BCUT2D eigenvalue weighted by atomic mass is 35.5. The van der Waals surface area contributed by atoms with Crippen LogP contribution in [0.2, 0.25) is 10.0 Å². The van der Waals surface area contributed by atoms with Gasteiger partial charge in [0, 0.05) is 18.2 Å². The molecule has 2 rings (SSSR count). The van der Waals surface area contributed by atoms with Crippen LogP contribution in [-0.2, 0) is 10.0 Å². The molecule has 0 radical (unpaired) electrons. The molecule has 0 unspecified atom stereocenters. The Morgan fingerprint density at radius 2 is 2.00 bits per heavy atom. The number of benzene rings is 1. The van der Waals surface area contributed by atoms with Gasteiger partial charge < -0.3 is 4.90 Å². The van der Waals surface area contributed by atoms with E-state index in [0.717, 1.165) is 19.3 Å². The molecular formula is C13H16Cl2N2O3S. The average Bonchev–Trinajstić information content (AvgIpc) is 3.21. The number of hydrogen-bond donors (Lipinski definition) is 1. The van der Waals surface area contributed by atoms with Crippen LogP contribution >= 0.6 is 23.2 Å². The van der Waals surface area contributed by atoms with Crippen LogP contribution in [0.15, 0.2) is 17.0 Å². The van der Waals surface area contributed by atoms with Crippen molar-refractivity contribution in [2.45, 2.75) is 37.1 Å². The normalized spacial score (nSPS) is 15.0.